The van der Waals surface area contributed by atoms with Crippen molar-refractivity contribution in [2.45, 2.75) is 17.8 Å². The zero-order valence-corrected chi connectivity index (χ0v) is 22.4. The number of anilines is 1. The number of aliphatic carboxylic acids is 1. The van der Waals surface area contributed by atoms with E-state index in [1.54, 1.807) is 12.3 Å². The fraction of sp³-hybridized carbons (Fsp3) is 0.300. The monoisotopic (exact) mass is 526 g/mol. The number of carbonyl (C=O) groups excluding carboxylic acids is 3. The molecule has 0 unspecified atom stereocenters. The van der Waals surface area contributed by atoms with Gasteiger partial charge < -0.3 is 30.5 Å². The number of amides is 2. The van der Waals surface area contributed by atoms with Crippen LogP contribution in [0.15, 0.2) is 46.4 Å². The van der Waals surface area contributed by atoms with Gasteiger partial charge in [-0.2, -0.15) is 0 Å². The quantitative estimate of drug-likeness (QED) is 0.142. The molecule has 4 rings (SSSR count). The van der Waals surface area contributed by atoms with Crippen molar-refractivity contribution in [1.29, 1.82) is 0 Å². The van der Waals surface area contributed by atoms with E-state index in [-0.39, 0.29) is 69.9 Å². The molecule has 4 heterocycles. The predicted molar refractivity (Wildman–Crippen MR) is 121 cm³/mol. The number of nitrogen functional groups attached to an aromatic ring is 1. The Hall–Kier alpha value is -2.65. The molecule has 2 aliphatic heterocycles. The molecule has 12 nitrogen and oxygen atoms in total. The van der Waals surface area contributed by atoms with E-state index in [9.17, 15) is 19.5 Å². The fourth-order valence-corrected chi connectivity index (χ4v) is 5.24. The molecule has 1 fully saturated rings. The average molecular weight is 527 g/mol. The Bertz CT molecular complexity index is 1170. The van der Waals surface area contributed by atoms with E-state index in [0.717, 1.165) is 21.9 Å². The topological polar surface area (TPSA) is 172 Å². The van der Waals surface area contributed by atoms with E-state index in [2.05, 4.69) is 20.4 Å². The van der Waals surface area contributed by atoms with Crippen molar-refractivity contribution < 1.29 is 58.6 Å². The van der Waals surface area contributed by atoms with Gasteiger partial charge in [-0.25, -0.2) is 4.98 Å². The van der Waals surface area contributed by atoms with Gasteiger partial charge >= 0.3 is 29.6 Å². The van der Waals surface area contributed by atoms with Gasteiger partial charge in [-0.3, -0.25) is 19.5 Å². The number of nitrogens with zero attached hydrogens (tertiary/aromatic N) is 4. The van der Waals surface area contributed by atoms with E-state index < -0.39 is 29.2 Å². The maximum absolute atomic E-state index is 12.8. The number of fused-ring (bicyclic) bond motifs is 1. The van der Waals surface area contributed by atoms with Crippen LogP contribution in [0.4, 0.5) is 5.13 Å². The Morgan fingerprint density at radius 1 is 1.40 bits per heavy atom. The first-order chi connectivity index (χ1) is 16.4. The second-order valence-corrected chi connectivity index (χ2v) is 9.03. The number of nitrogens with two attached hydrogens (primary N) is 1. The summed E-state index contributed by atoms with van der Waals surface area (Å²) in [6.07, 6.45) is 2.12. The summed E-state index contributed by atoms with van der Waals surface area (Å²) in [5, 5.41) is 19.2. The summed E-state index contributed by atoms with van der Waals surface area (Å²) in [7, 11) is 1.27. The molecule has 0 saturated carbocycles. The van der Waals surface area contributed by atoms with Gasteiger partial charge in [0.25, 0.3) is 11.8 Å². The molecule has 0 radical (unpaired) electrons. The molecule has 0 aliphatic carbocycles. The largest absolute Gasteiger partial charge is 1.00 e. The second kappa shape index (κ2) is 11.9. The second-order valence-electron chi connectivity index (χ2n) is 7.03. The van der Waals surface area contributed by atoms with Crippen molar-refractivity contribution in [2.75, 3.05) is 25.2 Å². The van der Waals surface area contributed by atoms with Crippen LogP contribution in [-0.2, 0) is 30.4 Å². The van der Waals surface area contributed by atoms with Gasteiger partial charge in [0.05, 0.1) is 18.3 Å². The minimum Gasteiger partial charge on any atom is -0.543 e. The Balaban J connectivity index is 0.00000342. The van der Waals surface area contributed by atoms with Crippen LogP contribution >= 0.6 is 23.1 Å². The van der Waals surface area contributed by atoms with Crippen LogP contribution in [0.25, 0.3) is 0 Å². The van der Waals surface area contributed by atoms with E-state index in [0.29, 0.717) is 6.42 Å². The maximum atomic E-state index is 12.8. The van der Waals surface area contributed by atoms with E-state index in [4.69, 9.17) is 15.3 Å². The molecular weight excluding hydrogens is 507 g/mol. The van der Waals surface area contributed by atoms with Crippen LogP contribution in [0, 0.1) is 0 Å². The normalized spacial score (nSPS) is 19.3. The molecule has 0 bridgehead atoms. The molecule has 2 atom stereocenters. The first-order valence-electron chi connectivity index (χ1n) is 9.96. The van der Waals surface area contributed by atoms with Gasteiger partial charge in [-0.05, 0) is 12.1 Å². The molecule has 2 aromatic rings. The van der Waals surface area contributed by atoms with Crippen molar-refractivity contribution in [1.82, 2.24) is 20.2 Å². The number of ether oxygens (including phenoxy) is 1. The molecule has 35 heavy (non-hydrogen) atoms. The van der Waals surface area contributed by atoms with Crippen LogP contribution in [0.5, 0.6) is 0 Å². The number of carboxylic acid groups (broad SMARTS) is 1. The van der Waals surface area contributed by atoms with Gasteiger partial charge in [0.15, 0.2) is 10.8 Å². The summed E-state index contributed by atoms with van der Waals surface area (Å²) in [5.41, 5.74) is 6.11. The predicted octanol–water partition coefficient (Wildman–Crippen LogP) is -3.90. The van der Waals surface area contributed by atoms with Crippen molar-refractivity contribution in [2.24, 2.45) is 5.16 Å². The van der Waals surface area contributed by atoms with Crippen LogP contribution in [0.1, 0.15) is 11.4 Å². The number of hydrogen-bond acceptors (Lipinski definition) is 12. The van der Waals surface area contributed by atoms with Crippen molar-refractivity contribution >= 4 is 51.7 Å². The zero-order chi connectivity index (χ0) is 24.2. The molecule has 3 N–H and O–H groups in total. The molecule has 178 valence electrons. The number of β-lactam (4-membered cyclic amide) rings is 1. The molecule has 0 spiro atoms. The minimum absolute atomic E-state index is 0. The van der Waals surface area contributed by atoms with E-state index in [1.807, 2.05) is 12.1 Å². The Kier molecular flexibility index (Phi) is 9.13. The summed E-state index contributed by atoms with van der Waals surface area (Å²) in [6.45, 7) is 0.185. The van der Waals surface area contributed by atoms with Crippen molar-refractivity contribution in [3.05, 3.63) is 52.6 Å². The third-order valence-electron chi connectivity index (χ3n) is 4.94. The smallest absolute Gasteiger partial charge is 0.543 e. The van der Waals surface area contributed by atoms with E-state index >= 15 is 0 Å². The Morgan fingerprint density at radius 2 is 2.20 bits per heavy atom. The number of nitrogens with one attached hydrogen (secondary N) is 1. The van der Waals surface area contributed by atoms with Gasteiger partial charge in [0.2, 0.25) is 0 Å². The van der Waals surface area contributed by atoms with Gasteiger partial charge in [0.1, 0.15) is 35.7 Å². The zero-order valence-electron chi connectivity index (χ0n) is 18.8. The van der Waals surface area contributed by atoms with E-state index in [1.165, 1.54) is 24.3 Å². The molecule has 2 aromatic heterocycles. The summed E-state index contributed by atoms with van der Waals surface area (Å²) < 4.78 is 5.67. The summed E-state index contributed by atoms with van der Waals surface area (Å²) in [6, 6.07) is 4.49. The number of thioether (sulfide) groups is 1. The number of oxime groups is 1. The molecule has 2 amide bonds. The first-order valence-corrected chi connectivity index (χ1v) is 11.9. The molecule has 2 aliphatic rings. The first kappa shape index (κ1) is 26.9. The number of thiazole rings is 1. The van der Waals surface area contributed by atoms with Crippen LogP contribution in [0.2, 0.25) is 0 Å². The SMILES string of the molecule is CO/N=C(\C(=O)N[C@@H]1C(=O)N2C(C(=O)[O-])=C(OCCc3ccccn3)CS[C@H]12)c1csc(N)n1.[Na+]. The number of hydrogen-bond donors (Lipinski definition) is 2. The van der Waals surface area contributed by atoms with Gasteiger partial charge in [0, 0.05) is 23.7 Å². The van der Waals surface area contributed by atoms with Crippen molar-refractivity contribution in [3.8, 4) is 0 Å². The number of carboxylic acids is 1. The number of pyridine rings is 1. The minimum atomic E-state index is -1.53. The van der Waals surface area contributed by atoms with Gasteiger partial charge in [-0.1, -0.05) is 11.2 Å². The molecule has 15 heteroatoms. The van der Waals surface area contributed by atoms with Crippen LogP contribution in [0.3, 0.4) is 0 Å². The average Bonchev–Trinajstić information content (AvgIpc) is 3.26. The summed E-state index contributed by atoms with van der Waals surface area (Å²) in [4.78, 5) is 51.4. The Labute approximate surface area is 230 Å². The fourth-order valence-electron chi connectivity index (χ4n) is 3.42. The number of rotatable bonds is 9. The van der Waals surface area contributed by atoms with Crippen molar-refractivity contribution in [3.63, 3.8) is 0 Å². The number of carbonyl (C=O) groups is 3. The van der Waals surface area contributed by atoms with Crippen LogP contribution in [-0.4, -0.2) is 69.2 Å². The third-order valence-corrected chi connectivity index (χ3v) is 6.86. The summed E-state index contributed by atoms with van der Waals surface area (Å²) in [5.74, 6) is -2.52. The molecular formula is C20H19N6NaO6S2. The third kappa shape index (κ3) is 5.78. The maximum Gasteiger partial charge on any atom is 1.00 e. The summed E-state index contributed by atoms with van der Waals surface area (Å²) >= 11 is 2.38. The molecule has 1 saturated heterocycles. The Morgan fingerprint density at radius 3 is 2.83 bits per heavy atom. The van der Waals surface area contributed by atoms with Gasteiger partial charge in [-0.15, -0.1) is 23.1 Å². The van der Waals surface area contributed by atoms with Crippen LogP contribution < -0.4 is 45.7 Å². The molecule has 0 aromatic carbocycles. The standard InChI is InChI=1S/C20H20N6O6S2.Na/c1-31-25-13(11-8-34-20(21)23-11)16(27)24-14-17(28)26-15(19(29)30)12(9-33-18(14)26)32-7-5-10-4-2-3-6-22-10;/h2-4,6,8,14,18H,5,7,9H2,1H3,(H2,21,23)(H,24,27)(H,29,30);/q;+1/p-1/b25-13-;/t14-,18-;/m1./s1. The number of aromatic nitrogens is 2.